The number of rotatable bonds is 2. The summed E-state index contributed by atoms with van der Waals surface area (Å²) in [6.07, 6.45) is 2.12. The Kier molecular flexibility index (Phi) is 4.65. The predicted octanol–water partition coefficient (Wildman–Crippen LogP) is 0.486. The van der Waals surface area contributed by atoms with Crippen molar-refractivity contribution < 1.29 is 47.5 Å². The summed E-state index contributed by atoms with van der Waals surface area (Å²) in [4.78, 5) is 23.0. The maximum absolute atomic E-state index is 10.3. The smallest absolute Gasteiger partial charge is 0.296 e. The number of carboxylic acids is 1. The molecule has 0 unspecified atom stereocenters. The van der Waals surface area contributed by atoms with Crippen molar-refractivity contribution >= 4 is 11.7 Å². The molecule has 0 aliphatic rings. The molecule has 1 aromatic rings. The van der Waals surface area contributed by atoms with Gasteiger partial charge in [0.25, 0.3) is 5.97 Å². The van der Waals surface area contributed by atoms with Gasteiger partial charge in [-0.1, -0.05) is 18.3 Å². The van der Waals surface area contributed by atoms with Gasteiger partial charge in [0.15, 0.2) is 5.69 Å². The van der Waals surface area contributed by atoms with Crippen molar-refractivity contribution in [1.29, 1.82) is 0 Å². The van der Waals surface area contributed by atoms with Crippen molar-refractivity contribution in [2.24, 2.45) is 0 Å². The van der Waals surface area contributed by atoms with Gasteiger partial charge in [-0.05, 0) is 0 Å². The Morgan fingerprint density at radius 1 is 1.69 bits per heavy atom. The molecule has 0 aliphatic heterocycles. The number of nitrogens with zero attached hydrogens (tertiary/aromatic N) is 2. The van der Waals surface area contributed by atoms with Crippen LogP contribution < -0.4 is 0 Å². The molecule has 7 heteroatoms. The molecule has 0 saturated heterocycles. The van der Waals surface area contributed by atoms with E-state index in [2.05, 4.69) is 11.2 Å². The Morgan fingerprint density at radius 2 is 2.31 bits per heavy atom. The van der Waals surface area contributed by atoms with Crippen LogP contribution in [-0.4, -0.2) is 21.0 Å². The molecule has 65 valence electrons. The number of pyridine rings is 1. The summed E-state index contributed by atoms with van der Waals surface area (Å²) in [5.74, 6) is -1.31. The molecule has 0 bridgehead atoms. The molecule has 0 saturated carbocycles. The fourth-order valence-corrected chi connectivity index (χ4v) is 0.597. The van der Waals surface area contributed by atoms with Crippen molar-refractivity contribution in [3.8, 4) is 0 Å². The van der Waals surface area contributed by atoms with Crippen LogP contribution in [0.15, 0.2) is 12.1 Å². The first kappa shape index (κ1) is 12.1. The molecule has 13 heavy (non-hydrogen) atoms. The van der Waals surface area contributed by atoms with Crippen LogP contribution in [0, 0.1) is 16.3 Å². The summed E-state index contributed by atoms with van der Waals surface area (Å²) in [5.41, 5.74) is -0.716. The Balaban J connectivity index is 0.00000144. The first-order valence-electron chi connectivity index (χ1n) is 2.87. The van der Waals surface area contributed by atoms with Crippen molar-refractivity contribution in [3.05, 3.63) is 34.1 Å². The molecular weight excluding hydrogens is 253 g/mol. The number of aromatic carboxylic acids is 1. The molecule has 0 fully saturated rings. The molecule has 1 rings (SSSR count). The number of nitro groups is 1. The quantitative estimate of drug-likeness (QED) is 0.472. The topological polar surface area (TPSA) is 93.3 Å². The maximum atomic E-state index is 10.3. The zero-order chi connectivity index (χ0) is 9.14. The van der Waals surface area contributed by atoms with Crippen LogP contribution in [0.4, 0.5) is 5.69 Å². The molecule has 0 aliphatic carbocycles. The van der Waals surface area contributed by atoms with Gasteiger partial charge in [0.05, 0.1) is 0 Å². The number of carbonyl (C=O) groups is 1. The molecule has 1 radical (unpaired) electrons. The van der Waals surface area contributed by atoms with E-state index in [4.69, 9.17) is 5.11 Å². The molecule has 1 heterocycles. The van der Waals surface area contributed by atoms with Crippen LogP contribution in [0.3, 0.4) is 0 Å². The predicted molar refractivity (Wildman–Crippen MR) is 36.7 cm³/mol. The summed E-state index contributed by atoms with van der Waals surface area (Å²) in [7, 11) is 0. The molecule has 0 spiro atoms. The van der Waals surface area contributed by atoms with Crippen LogP contribution in [-0.2, 0) is 32.7 Å². The van der Waals surface area contributed by atoms with E-state index in [0.717, 1.165) is 12.1 Å². The molecule has 6 nitrogen and oxygen atoms in total. The monoisotopic (exact) mass is 256 g/mol. The first-order valence-corrected chi connectivity index (χ1v) is 2.87. The number of carboxylic acid groups (broad SMARTS) is 1. The SMILES string of the molecule is O=C(O)c1cc([N+](=O)[O-])c[c-]n1.[Y]. The normalized spacial score (nSPS) is 8.62. The first-order chi connectivity index (χ1) is 5.61. The van der Waals surface area contributed by atoms with E-state index in [9.17, 15) is 14.9 Å². The van der Waals surface area contributed by atoms with Crippen LogP contribution in [0.2, 0.25) is 0 Å². The minimum atomic E-state index is -1.31. The molecule has 1 N–H and O–H groups in total. The van der Waals surface area contributed by atoms with Gasteiger partial charge in [0.1, 0.15) is 0 Å². The van der Waals surface area contributed by atoms with Gasteiger partial charge in [0.2, 0.25) is 0 Å². The van der Waals surface area contributed by atoms with Crippen molar-refractivity contribution in [2.45, 2.75) is 0 Å². The van der Waals surface area contributed by atoms with E-state index in [1.54, 1.807) is 0 Å². The number of hydrogen-bond donors (Lipinski definition) is 1. The second-order valence-electron chi connectivity index (χ2n) is 1.90. The van der Waals surface area contributed by atoms with Crippen LogP contribution in [0.25, 0.3) is 0 Å². The van der Waals surface area contributed by atoms with Crippen molar-refractivity contribution in [3.63, 3.8) is 0 Å². The summed E-state index contributed by atoms with van der Waals surface area (Å²) < 4.78 is 0. The Hall–Kier alpha value is -0.876. The number of aromatic nitrogens is 1. The minimum Gasteiger partial charge on any atom is -0.486 e. The standard InChI is InChI=1S/C6H3N2O4.Y/c9-6(10)5-3-4(8(11)12)1-2-7-5;/h1,3H,(H,9,10);/q-1;. The third kappa shape index (κ3) is 3.16. The van der Waals surface area contributed by atoms with E-state index in [1.165, 1.54) is 0 Å². The third-order valence-corrected chi connectivity index (χ3v) is 1.11. The van der Waals surface area contributed by atoms with Crippen LogP contribution in [0.5, 0.6) is 0 Å². The van der Waals surface area contributed by atoms with Crippen molar-refractivity contribution in [2.75, 3.05) is 0 Å². The molecule has 1 aromatic heterocycles. The van der Waals surface area contributed by atoms with E-state index >= 15 is 0 Å². The Morgan fingerprint density at radius 3 is 2.77 bits per heavy atom. The van der Waals surface area contributed by atoms with E-state index in [-0.39, 0.29) is 44.1 Å². The molecule has 0 amide bonds. The third-order valence-electron chi connectivity index (χ3n) is 1.11. The van der Waals surface area contributed by atoms with Gasteiger partial charge in [-0.25, -0.2) is 0 Å². The van der Waals surface area contributed by atoms with Gasteiger partial charge >= 0.3 is 0 Å². The van der Waals surface area contributed by atoms with Crippen molar-refractivity contribution in [1.82, 2.24) is 4.98 Å². The second-order valence-corrected chi connectivity index (χ2v) is 1.90. The Labute approximate surface area is 98.0 Å². The van der Waals surface area contributed by atoms with E-state index < -0.39 is 10.9 Å². The fraction of sp³-hybridized carbons (Fsp3) is 0. The molecule has 0 aromatic carbocycles. The van der Waals surface area contributed by atoms with Gasteiger partial charge in [-0.15, -0.1) is 0 Å². The van der Waals surface area contributed by atoms with Crippen LogP contribution in [0.1, 0.15) is 10.5 Å². The van der Waals surface area contributed by atoms with Gasteiger partial charge in [-0.2, -0.15) is 0 Å². The average Bonchev–Trinajstić information content (AvgIpc) is 2.04. The van der Waals surface area contributed by atoms with E-state index in [0.29, 0.717) is 0 Å². The van der Waals surface area contributed by atoms with E-state index in [1.807, 2.05) is 0 Å². The Bertz CT molecular complexity index is 312. The summed E-state index contributed by atoms with van der Waals surface area (Å²) in [5, 5.41) is 18.5. The number of hydrogen-bond acceptors (Lipinski definition) is 4. The zero-order valence-corrected chi connectivity index (χ0v) is 9.14. The summed E-state index contributed by atoms with van der Waals surface area (Å²) in [6, 6.07) is 1.88. The minimum absolute atomic E-state index is 0. The van der Waals surface area contributed by atoms with Gasteiger partial charge < -0.3 is 10.1 Å². The van der Waals surface area contributed by atoms with Gasteiger partial charge in [0, 0.05) is 43.3 Å². The summed E-state index contributed by atoms with van der Waals surface area (Å²) in [6.45, 7) is 0. The zero-order valence-electron chi connectivity index (χ0n) is 6.30. The maximum Gasteiger partial charge on any atom is 0.296 e. The molecule has 0 atom stereocenters. The molecular formula is C6H3N2O4Y-. The second kappa shape index (κ2) is 4.98. The van der Waals surface area contributed by atoms with Gasteiger partial charge in [-0.3, -0.25) is 14.9 Å². The van der Waals surface area contributed by atoms with Crippen LogP contribution >= 0.6 is 0 Å². The fourth-order valence-electron chi connectivity index (χ4n) is 0.597. The average molecular weight is 256 g/mol. The largest absolute Gasteiger partial charge is 0.486 e. The summed E-state index contributed by atoms with van der Waals surface area (Å²) >= 11 is 0.